The van der Waals surface area contributed by atoms with Crippen LogP contribution in [-0.4, -0.2) is 23.7 Å². The van der Waals surface area contributed by atoms with Gasteiger partial charge in [-0.15, -0.1) is 0 Å². The molecule has 0 aliphatic heterocycles. The summed E-state index contributed by atoms with van der Waals surface area (Å²) in [6.07, 6.45) is 1.32. The molecule has 0 bridgehead atoms. The van der Waals surface area contributed by atoms with Crippen LogP contribution in [0.15, 0.2) is 53.7 Å². The van der Waals surface area contributed by atoms with Crippen molar-refractivity contribution in [2.75, 3.05) is 11.9 Å². The summed E-state index contributed by atoms with van der Waals surface area (Å²) in [5, 5.41) is 17.0. The van der Waals surface area contributed by atoms with Crippen molar-refractivity contribution in [1.29, 1.82) is 0 Å². The number of carbonyl (C=O) groups excluding carboxylic acids is 1. The Morgan fingerprint density at radius 1 is 1.28 bits per heavy atom. The molecular weight excluding hydrogens is 322 g/mol. The van der Waals surface area contributed by atoms with Gasteiger partial charge in [0.2, 0.25) is 0 Å². The Bertz CT molecular complexity index is 770. The van der Waals surface area contributed by atoms with Crippen molar-refractivity contribution in [1.82, 2.24) is 0 Å². The highest BCUT2D eigenvalue weighted by Crippen LogP contribution is 2.17. The van der Waals surface area contributed by atoms with Crippen LogP contribution in [0.2, 0.25) is 0 Å². The number of hydrogen-bond donors (Lipinski definition) is 1. The van der Waals surface area contributed by atoms with Gasteiger partial charge >= 0.3 is 0 Å². The molecule has 0 radical (unpaired) electrons. The van der Waals surface area contributed by atoms with Crippen molar-refractivity contribution in [3.8, 4) is 0 Å². The van der Waals surface area contributed by atoms with Crippen LogP contribution >= 0.6 is 0 Å². The Hall–Kier alpha value is -3.22. The Labute approximate surface area is 145 Å². The van der Waals surface area contributed by atoms with Crippen molar-refractivity contribution in [3.63, 3.8) is 0 Å². The van der Waals surface area contributed by atoms with E-state index in [4.69, 9.17) is 4.84 Å². The van der Waals surface area contributed by atoms with Gasteiger partial charge in [-0.3, -0.25) is 14.9 Å². The first-order valence-electron chi connectivity index (χ1n) is 7.75. The Kier molecular flexibility index (Phi) is 6.22. The normalized spacial score (nSPS) is 10.8. The maximum atomic E-state index is 11.8. The molecule has 7 heteroatoms. The maximum absolute atomic E-state index is 11.8. The van der Waals surface area contributed by atoms with E-state index in [2.05, 4.69) is 24.3 Å². The number of amides is 1. The molecule has 2 aromatic rings. The predicted molar refractivity (Wildman–Crippen MR) is 95.8 cm³/mol. The van der Waals surface area contributed by atoms with Crippen molar-refractivity contribution < 1.29 is 14.6 Å². The molecule has 25 heavy (non-hydrogen) atoms. The van der Waals surface area contributed by atoms with Crippen LogP contribution in [-0.2, 0) is 9.63 Å². The molecule has 0 unspecified atom stereocenters. The number of carbonyl (C=O) groups is 1. The minimum atomic E-state index is -0.490. The zero-order valence-corrected chi connectivity index (χ0v) is 14.0. The lowest BCUT2D eigenvalue weighted by molar-refractivity contribution is -0.384. The van der Waals surface area contributed by atoms with E-state index in [9.17, 15) is 14.9 Å². The van der Waals surface area contributed by atoms with Gasteiger partial charge in [0.1, 0.15) is 0 Å². The fourth-order valence-electron chi connectivity index (χ4n) is 2.06. The highest BCUT2D eigenvalue weighted by Gasteiger charge is 2.05. The molecule has 1 N–H and O–H groups in total. The van der Waals surface area contributed by atoms with E-state index in [0.717, 1.165) is 0 Å². The highest BCUT2D eigenvalue weighted by atomic mass is 16.6. The smallest absolute Gasteiger partial charge is 0.270 e. The second-order valence-corrected chi connectivity index (χ2v) is 5.68. The van der Waals surface area contributed by atoms with Gasteiger partial charge in [-0.2, -0.15) is 0 Å². The Morgan fingerprint density at radius 3 is 2.64 bits per heavy atom. The van der Waals surface area contributed by atoms with Crippen LogP contribution in [0.4, 0.5) is 11.4 Å². The van der Waals surface area contributed by atoms with Crippen molar-refractivity contribution in [3.05, 3.63) is 69.8 Å². The summed E-state index contributed by atoms with van der Waals surface area (Å²) in [7, 11) is 0. The lowest BCUT2D eigenvalue weighted by Crippen LogP contribution is -2.16. The summed E-state index contributed by atoms with van der Waals surface area (Å²) >= 11 is 0. The first kappa shape index (κ1) is 18.1. The van der Waals surface area contributed by atoms with Crippen molar-refractivity contribution in [2.45, 2.75) is 19.8 Å². The second kappa shape index (κ2) is 8.58. The molecule has 1 amide bonds. The summed E-state index contributed by atoms with van der Waals surface area (Å²) in [5.74, 6) is 0.0877. The number of nitro benzene ring substituents is 1. The topological polar surface area (TPSA) is 93.8 Å². The van der Waals surface area contributed by atoms with Crippen LogP contribution in [0.5, 0.6) is 0 Å². The molecule has 0 spiro atoms. The third kappa shape index (κ3) is 5.72. The van der Waals surface area contributed by atoms with E-state index in [1.807, 2.05) is 24.3 Å². The number of nitrogens with zero attached hydrogens (tertiary/aromatic N) is 2. The van der Waals surface area contributed by atoms with Gasteiger partial charge < -0.3 is 10.2 Å². The summed E-state index contributed by atoms with van der Waals surface area (Å²) in [5.41, 5.74) is 2.35. The predicted octanol–water partition coefficient (Wildman–Crippen LogP) is 3.71. The van der Waals surface area contributed by atoms with Crippen molar-refractivity contribution >= 4 is 23.5 Å². The van der Waals surface area contributed by atoms with E-state index in [-0.39, 0.29) is 18.2 Å². The SMILES string of the molecule is CC(C)c1ccc(NC(=O)CO/N=C/c2cccc([N+](=O)[O-])c2)cc1. The standard InChI is InChI=1S/C18H19N3O4/c1-13(2)15-6-8-16(9-7-15)20-18(22)12-25-19-11-14-4-3-5-17(10-14)21(23)24/h3-11,13H,12H2,1-2H3,(H,20,22)/b19-11+. The lowest BCUT2D eigenvalue weighted by atomic mass is 10.0. The van der Waals surface area contributed by atoms with E-state index in [1.54, 1.807) is 12.1 Å². The molecule has 130 valence electrons. The number of rotatable bonds is 7. The van der Waals surface area contributed by atoms with E-state index in [1.165, 1.54) is 23.9 Å². The van der Waals surface area contributed by atoms with Crippen LogP contribution in [0.1, 0.15) is 30.9 Å². The zero-order valence-electron chi connectivity index (χ0n) is 14.0. The van der Waals surface area contributed by atoms with Gasteiger partial charge in [0.25, 0.3) is 11.6 Å². The molecule has 7 nitrogen and oxygen atoms in total. The third-order valence-corrected chi connectivity index (χ3v) is 3.41. The second-order valence-electron chi connectivity index (χ2n) is 5.68. The van der Waals surface area contributed by atoms with E-state index >= 15 is 0 Å². The molecule has 0 aliphatic rings. The Morgan fingerprint density at radius 2 is 2.00 bits per heavy atom. The van der Waals surface area contributed by atoms with E-state index < -0.39 is 4.92 Å². The number of non-ortho nitro benzene ring substituents is 1. The van der Waals surface area contributed by atoms with Gasteiger partial charge in [-0.1, -0.05) is 43.3 Å². The zero-order chi connectivity index (χ0) is 18.2. The number of nitrogens with one attached hydrogen (secondary N) is 1. The van der Waals surface area contributed by atoms with Gasteiger partial charge in [0, 0.05) is 23.4 Å². The highest BCUT2D eigenvalue weighted by molar-refractivity contribution is 5.91. The third-order valence-electron chi connectivity index (χ3n) is 3.41. The largest absolute Gasteiger partial charge is 0.386 e. The van der Waals surface area contributed by atoms with Gasteiger partial charge in [-0.05, 0) is 23.6 Å². The Balaban J connectivity index is 1.82. The number of anilines is 1. The quantitative estimate of drug-likeness (QED) is 0.472. The lowest BCUT2D eigenvalue weighted by Gasteiger charge is -2.08. The minimum Gasteiger partial charge on any atom is -0.386 e. The molecule has 2 aromatic carbocycles. The van der Waals surface area contributed by atoms with Crippen LogP contribution in [0.3, 0.4) is 0 Å². The number of benzene rings is 2. The molecular formula is C18H19N3O4. The fourth-order valence-corrected chi connectivity index (χ4v) is 2.06. The summed E-state index contributed by atoms with van der Waals surface area (Å²) in [4.78, 5) is 26.9. The number of hydrogen-bond acceptors (Lipinski definition) is 5. The summed E-state index contributed by atoms with van der Waals surface area (Å²) in [6, 6.07) is 13.5. The van der Waals surface area contributed by atoms with Gasteiger partial charge in [0.15, 0.2) is 6.61 Å². The molecule has 0 aliphatic carbocycles. The number of oxime groups is 1. The molecule has 0 heterocycles. The maximum Gasteiger partial charge on any atom is 0.270 e. The molecule has 0 atom stereocenters. The summed E-state index contributed by atoms with van der Waals surface area (Å²) in [6.45, 7) is 3.94. The monoisotopic (exact) mass is 341 g/mol. The van der Waals surface area contributed by atoms with E-state index in [0.29, 0.717) is 17.2 Å². The van der Waals surface area contributed by atoms with Crippen LogP contribution in [0, 0.1) is 10.1 Å². The average Bonchev–Trinajstić information content (AvgIpc) is 2.59. The summed E-state index contributed by atoms with van der Waals surface area (Å²) < 4.78 is 0. The van der Waals surface area contributed by atoms with Crippen molar-refractivity contribution in [2.24, 2.45) is 5.16 Å². The first-order valence-corrected chi connectivity index (χ1v) is 7.75. The molecule has 0 saturated carbocycles. The molecule has 0 fully saturated rings. The van der Waals surface area contributed by atoms with Crippen LogP contribution in [0.25, 0.3) is 0 Å². The first-order chi connectivity index (χ1) is 12.0. The molecule has 0 aromatic heterocycles. The van der Waals surface area contributed by atoms with Gasteiger partial charge in [-0.25, -0.2) is 0 Å². The number of nitro groups is 1. The average molecular weight is 341 g/mol. The fraction of sp³-hybridized carbons (Fsp3) is 0.222. The molecule has 2 rings (SSSR count). The van der Waals surface area contributed by atoms with Crippen LogP contribution < -0.4 is 5.32 Å². The molecule has 0 saturated heterocycles. The van der Waals surface area contributed by atoms with Gasteiger partial charge in [0.05, 0.1) is 11.1 Å². The minimum absolute atomic E-state index is 0.0356.